The van der Waals surface area contributed by atoms with E-state index < -0.39 is 0 Å². The van der Waals surface area contributed by atoms with Gasteiger partial charge in [-0.2, -0.15) is 0 Å². The molecule has 0 aliphatic carbocycles. The Bertz CT molecular complexity index is 153. The van der Waals surface area contributed by atoms with Gasteiger partial charge >= 0.3 is 0 Å². The summed E-state index contributed by atoms with van der Waals surface area (Å²) in [6.07, 6.45) is 3.61. The van der Waals surface area contributed by atoms with E-state index in [1.54, 1.807) is 0 Å². The molecule has 2 saturated heterocycles. The Morgan fingerprint density at radius 2 is 1.80 bits per heavy atom. The number of piperidine rings is 1. The predicted molar refractivity (Wildman–Crippen MR) is 37.1 cm³/mol. The molecule has 2 fully saturated rings. The predicted octanol–water partition coefficient (Wildman–Crippen LogP) is 0.0560. The lowest BCUT2D eigenvalue weighted by atomic mass is 10.0. The molecular weight excluding hydrogens is 128 g/mol. The molecule has 0 amide bonds. The number of fused-ring (bicyclic) bond motifs is 2. The van der Waals surface area contributed by atoms with Gasteiger partial charge in [0, 0.05) is 24.9 Å². The van der Waals surface area contributed by atoms with Crippen molar-refractivity contribution < 1.29 is 4.79 Å². The number of rotatable bonds is 0. The standard InChI is InChI=1S/C7H12N2O/c8-9-5-1-2-6(9)4-7(10)3-5/h5-6H,1-4,8H2. The van der Waals surface area contributed by atoms with E-state index in [-0.39, 0.29) is 0 Å². The van der Waals surface area contributed by atoms with Gasteiger partial charge in [-0.05, 0) is 12.8 Å². The summed E-state index contributed by atoms with van der Waals surface area (Å²) >= 11 is 0. The van der Waals surface area contributed by atoms with Crippen LogP contribution in [0.2, 0.25) is 0 Å². The third kappa shape index (κ3) is 0.777. The quantitative estimate of drug-likeness (QED) is 0.484. The second-order valence-corrected chi connectivity index (χ2v) is 3.28. The largest absolute Gasteiger partial charge is 0.300 e. The summed E-state index contributed by atoms with van der Waals surface area (Å²) in [6.45, 7) is 0. The van der Waals surface area contributed by atoms with Crippen LogP contribution in [0.3, 0.4) is 0 Å². The third-order valence-corrected chi connectivity index (χ3v) is 2.60. The van der Waals surface area contributed by atoms with Gasteiger partial charge in [0.1, 0.15) is 5.78 Å². The SMILES string of the molecule is NN1C2CCC1CC(=O)C2. The maximum absolute atomic E-state index is 11.0. The van der Waals surface area contributed by atoms with Gasteiger partial charge in [-0.3, -0.25) is 10.6 Å². The first kappa shape index (κ1) is 6.31. The molecule has 10 heavy (non-hydrogen) atoms. The van der Waals surface area contributed by atoms with Gasteiger partial charge in [0.05, 0.1) is 0 Å². The van der Waals surface area contributed by atoms with Gasteiger partial charge in [-0.25, -0.2) is 5.01 Å². The Balaban J connectivity index is 2.16. The fraction of sp³-hybridized carbons (Fsp3) is 0.857. The van der Waals surface area contributed by atoms with E-state index in [9.17, 15) is 4.79 Å². The lowest BCUT2D eigenvalue weighted by molar-refractivity contribution is -0.123. The van der Waals surface area contributed by atoms with Crippen molar-refractivity contribution in [1.29, 1.82) is 0 Å². The Labute approximate surface area is 60.1 Å². The molecule has 0 aromatic rings. The maximum Gasteiger partial charge on any atom is 0.136 e. The van der Waals surface area contributed by atoms with E-state index in [4.69, 9.17) is 5.84 Å². The van der Waals surface area contributed by atoms with E-state index in [0.717, 1.165) is 12.8 Å². The number of hydrazine groups is 1. The van der Waals surface area contributed by atoms with Crippen LogP contribution in [0.15, 0.2) is 0 Å². The summed E-state index contributed by atoms with van der Waals surface area (Å²) in [5, 5.41) is 1.88. The van der Waals surface area contributed by atoms with Gasteiger partial charge in [-0.15, -0.1) is 0 Å². The van der Waals surface area contributed by atoms with Crippen LogP contribution in [-0.2, 0) is 4.79 Å². The smallest absolute Gasteiger partial charge is 0.136 e. The highest BCUT2D eigenvalue weighted by molar-refractivity contribution is 5.80. The molecule has 2 aliphatic heterocycles. The number of carbonyl (C=O) groups is 1. The van der Waals surface area contributed by atoms with Crippen molar-refractivity contribution in [1.82, 2.24) is 5.01 Å². The highest BCUT2D eigenvalue weighted by atomic mass is 16.1. The maximum atomic E-state index is 11.0. The molecule has 3 heteroatoms. The molecule has 0 aromatic heterocycles. The Morgan fingerprint density at radius 3 is 2.30 bits per heavy atom. The molecule has 3 nitrogen and oxygen atoms in total. The molecule has 2 atom stereocenters. The summed E-state index contributed by atoms with van der Waals surface area (Å²) in [4.78, 5) is 11.0. The first-order valence-electron chi connectivity index (χ1n) is 3.82. The number of hydrogen-bond acceptors (Lipinski definition) is 3. The molecule has 2 heterocycles. The van der Waals surface area contributed by atoms with Crippen LogP contribution in [0.4, 0.5) is 0 Å². The molecular formula is C7H12N2O. The number of nitrogens with two attached hydrogens (primary N) is 1. The topological polar surface area (TPSA) is 46.3 Å². The van der Waals surface area contributed by atoms with E-state index in [1.807, 2.05) is 5.01 Å². The Morgan fingerprint density at radius 1 is 1.30 bits per heavy atom. The van der Waals surface area contributed by atoms with E-state index in [2.05, 4.69) is 0 Å². The molecule has 2 aliphatic rings. The van der Waals surface area contributed by atoms with Crippen LogP contribution in [0, 0.1) is 0 Å². The van der Waals surface area contributed by atoms with Crippen LogP contribution in [0.1, 0.15) is 25.7 Å². The molecule has 2 rings (SSSR count). The zero-order valence-corrected chi connectivity index (χ0v) is 5.92. The molecule has 0 spiro atoms. The highest BCUT2D eigenvalue weighted by Gasteiger charge is 2.38. The zero-order chi connectivity index (χ0) is 7.14. The van der Waals surface area contributed by atoms with Gasteiger partial charge in [0.25, 0.3) is 0 Å². The minimum Gasteiger partial charge on any atom is -0.300 e. The minimum atomic E-state index is 0.367. The second-order valence-electron chi connectivity index (χ2n) is 3.28. The molecule has 56 valence electrons. The summed E-state index contributed by atoms with van der Waals surface area (Å²) in [5.41, 5.74) is 0. The third-order valence-electron chi connectivity index (χ3n) is 2.60. The summed E-state index contributed by atoms with van der Waals surface area (Å²) < 4.78 is 0. The van der Waals surface area contributed by atoms with Crippen molar-refractivity contribution in [2.24, 2.45) is 5.84 Å². The van der Waals surface area contributed by atoms with Gasteiger partial charge in [-0.1, -0.05) is 0 Å². The lowest BCUT2D eigenvalue weighted by Crippen LogP contribution is -2.47. The average molecular weight is 140 g/mol. The molecule has 2 bridgehead atoms. The van der Waals surface area contributed by atoms with Crippen LogP contribution >= 0.6 is 0 Å². The summed E-state index contributed by atoms with van der Waals surface area (Å²) in [5.74, 6) is 6.12. The number of nitrogens with zero attached hydrogens (tertiary/aromatic N) is 1. The molecule has 0 saturated carbocycles. The molecule has 2 N–H and O–H groups in total. The normalized spacial score (nSPS) is 40.7. The monoisotopic (exact) mass is 140 g/mol. The number of carbonyl (C=O) groups excluding carboxylic acids is 1. The van der Waals surface area contributed by atoms with E-state index >= 15 is 0 Å². The van der Waals surface area contributed by atoms with Gasteiger partial charge in [0.15, 0.2) is 0 Å². The first-order valence-corrected chi connectivity index (χ1v) is 3.82. The Kier molecular flexibility index (Phi) is 1.28. The van der Waals surface area contributed by atoms with E-state index in [1.165, 1.54) is 0 Å². The number of Topliss-reactive ketones (excluding diaryl/α,β-unsaturated/α-hetero) is 1. The average Bonchev–Trinajstić information content (AvgIpc) is 2.20. The van der Waals surface area contributed by atoms with Crippen molar-refractivity contribution in [3.8, 4) is 0 Å². The number of ketones is 1. The second kappa shape index (κ2) is 2.04. The number of hydrogen-bond donors (Lipinski definition) is 1. The van der Waals surface area contributed by atoms with Crippen LogP contribution in [0.25, 0.3) is 0 Å². The first-order chi connectivity index (χ1) is 4.77. The van der Waals surface area contributed by atoms with Gasteiger partial charge in [0.2, 0.25) is 0 Å². The summed E-state index contributed by atoms with van der Waals surface area (Å²) in [6, 6.07) is 0.734. The van der Waals surface area contributed by atoms with E-state index in [0.29, 0.717) is 30.7 Å². The van der Waals surface area contributed by atoms with Gasteiger partial charge < -0.3 is 0 Å². The fourth-order valence-electron chi connectivity index (χ4n) is 2.00. The van der Waals surface area contributed by atoms with Crippen LogP contribution < -0.4 is 5.84 Å². The zero-order valence-electron chi connectivity index (χ0n) is 5.92. The lowest BCUT2D eigenvalue weighted by Gasteiger charge is -2.29. The molecule has 0 radical (unpaired) electrons. The van der Waals surface area contributed by atoms with Crippen LogP contribution in [0.5, 0.6) is 0 Å². The molecule has 2 unspecified atom stereocenters. The molecule has 0 aromatic carbocycles. The van der Waals surface area contributed by atoms with Crippen molar-refractivity contribution in [2.75, 3.05) is 0 Å². The Hall–Kier alpha value is -0.410. The summed E-state index contributed by atoms with van der Waals surface area (Å²) in [7, 11) is 0. The minimum absolute atomic E-state index is 0.367. The van der Waals surface area contributed by atoms with Crippen molar-refractivity contribution >= 4 is 5.78 Å². The highest BCUT2D eigenvalue weighted by Crippen LogP contribution is 2.30. The fourth-order valence-corrected chi connectivity index (χ4v) is 2.00. The van der Waals surface area contributed by atoms with Crippen molar-refractivity contribution in [3.05, 3.63) is 0 Å². The van der Waals surface area contributed by atoms with Crippen molar-refractivity contribution in [3.63, 3.8) is 0 Å². The van der Waals surface area contributed by atoms with Crippen LogP contribution in [-0.4, -0.2) is 22.9 Å². The van der Waals surface area contributed by atoms with Crippen molar-refractivity contribution in [2.45, 2.75) is 37.8 Å².